The smallest absolute Gasteiger partial charge is 0.338 e. The Balaban J connectivity index is 2.99. The van der Waals surface area contributed by atoms with Gasteiger partial charge in [0.25, 0.3) is 5.69 Å². The van der Waals surface area contributed by atoms with Gasteiger partial charge in [-0.1, -0.05) is 18.5 Å². The number of nitro groups is 1. The van der Waals surface area contributed by atoms with Gasteiger partial charge in [-0.05, 0) is 12.7 Å². The van der Waals surface area contributed by atoms with Crippen LogP contribution >= 0.6 is 23.4 Å². The molecule has 0 aliphatic carbocycles. The fourth-order valence-corrected chi connectivity index (χ4v) is 2.20. The number of carbonyl (C=O) groups is 1. The maximum absolute atomic E-state index is 11.2. The Morgan fingerprint density at radius 2 is 2.25 bits per heavy atom. The highest BCUT2D eigenvalue weighted by Crippen LogP contribution is 2.31. The molecule has 0 aromatic heterocycles. The normalized spacial score (nSPS) is 11.9. The number of anilines is 1. The molecule has 8 heteroatoms. The largest absolute Gasteiger partial charge is 0.478 e. The molecule has 0 saturated carbocycles. The van der Waals surface area contributed by atoms with Crippen LogP contribution in [0.4, 0.5) is 11.4 Å². The van der Waals surface area contributed by atoms with Crippen LogP contribution in [0.25, 0.3) is 0 Å². The van der Waals surface area contributed by atoms with Crippen molar-refractivity contribution in [3.8, 4) is 0 Å². The van der Waals surface area contributed by atoms with Crippen LogP contribution in [0.3, 0.4) is 0 Å². The van der Waals surface area contributed by atoms with Gasteiger partial charge in [-0.2, -0.15) is 11.8 Å². The van der Waals surface area contributed by atoms with Gasteiger partial charge in [-0.3, -0.25) is 10.1 Å². The molecule has 1 aromatic rings. The lowest BCUT2D eigenvalue weighted by atomic mass is 10.1. The Hall–Kier alpha value is -1.47. The number of rotatable bonds is 7. The van der Waals surface area contributed by atoms with E-state index in [0.29, 0.717) is 11.8 Å². The van der Waals surface area contributed by atoms with E-state index in [-0.39, 0.29) is 22.0 Å². The van der Waals surface area contributed by atoms with Crippen molar-refractivity contribution in [1.29, 1.82) is 0 Å². The number of hydrogen-bond donors (Lipinski definition) is 2. The van der Waals surface area contributed by atoms with Gasteiger partial charge >= 0.3 is 5.97 Å². The molecule has 0 fully saturated rings. The van der Waals surface area contributed by atoms with Gasteiger partial charge in [0.1, 0.15) is 0 Å². The van der Waals surface area contributed by atoms with E-state index in [1.165, 1.54) is 0 Å². The maximum Gasteiger partial charge on any atom is 0.338 e. The van der Waals surface area contributed by atoms with Crippen molar-refractivity contribution < 1.29 is 14.8 Å². The van der Waals surface area contributed by atoms with Crippen molar-refractivity contribution in [1.82, 2.24) is 0 Å². The van der Waals surface area contributed by atoms with Crippen LogP contribution < -0.4 is 5.32 Å². The number of nitrogens with one attached hydrogen (secondary N) is 1. The summed E-state index contributed by atoms with van der Waals surface area (Å²) in [7, 11) is 0. The van der Waals surface area contributed by atoms with Crippen molar-refractivity contribution in [3.63, 3.8) is 0 Å². The minimum Gasteiger partial charge on any atom is -0.478 e. The predicted octanol–water partition coefficient (Wildman–Crippen LogP) is 3.50. The lowest BCUT2D eigenvalue weighted by Gasteiger charge is -2.13. The average molecular weight is 319 g/mol. The number of nitrogens with zero attached hydrogens (tertiary/aromatic N) is 1. The summed E-state index contributed by atoms with van der Waals surface area (Å²) < 4.78 is 0. The number of halogens is 1. The van der Waals surface area contributed by atoms with Crippen molar-refractivity contribution in [2.75, 3.05) is 18.1 Å². The quantitative estimate of drug-likeness (QED) is 0.590. The maximum atomic E-state index is 11.2. The molecule has 1 rings (SSSR count). The standard InChI is InChI=1S/C12H15ClN2O4S/c1-7(20-2)3-4-14-11-9(12(16)17)5-8(15(18)19)6-10(11)13/h5-7,14H,3-4H2,1-2H3,(H,16,17). The molecule has 0 bridgehead atoms. The summed E-state index contributed by atoms with van der Waals surface area (Å²) in [6, 6.07) is 2.16. The SMILES string of the molecule is CSC(C)CCNc1c(Cl)cc([N+](=O)[O-])cc1C(=O)O. The van der Waals surface area contributed by atoms with E-state index in [2.05, 4.69) is 12.2 Å². The summed E-state index contributed by atoms with van der Waals surface area (Å²) >= 11 is 7.64. The van der Waals surface area contributed by atoms with E-state index < -0.39 is 10.9 Å². The van der Waals surface area contributed by atoms with Gasteiger partial charge in [0.15, 0.2) is 0 Å². The Morgan fingerprint density at radius 1 is 1.60 bits per heavy atom. The number of non-ortho nitro benzene ring substituents is 1. The first-order chi connectivity index (χ1) is 9.36. The van der Waals surface area contributed by atoms with Gasteiger partial charge in [-0.15, -0.1) is 0 Å². The van der Waals surface area contributed by atoms with E-state index in [1.54, 1.807) is 11.8 Å². The Labute approximate surface area is 125 Å². The van der Waals surface area contributed by atoms with Crippen molar-refractivity contribution >= 4 is 40.7 Å². The number of carboxylic acids is 1. The molecule has 0 spiro atoms. The topological polar surface area (TPSA) is 92.5 Å². The highest BCUT2D eigenvalue weighted by atomic mass is 35.5. The summed E-state index contributed by atoms with van der Waals surface area (Å²) in [5, 5.41) is 23.2. The molecule has 0 aliphatic heterocycles. The van der Waals surface area contributed by atoms with Crippen molar-refractivity contribution in [2.24, 2.45) is 0 Å². The molecule has 1 atom stereocenters. The molecule has 20 heavy (non-hydrogen) atoms. The van der Waals surface area contributed by atoms with Crippen LogP contribution in [0.15, 0.2) is 12.1 Å². The second-order valence-corrected chi connectivity index (χ2v) is 5.86. The Kier molecular flexibility index (Phi) is 6.09. The number of aromatic carboxylic acids is 1. The zero-order valence-corrected chi connectivity index (χ0v) is 12.6. The number of carboxylic acid groups (broad SMARTS) is 1. The van der Waals surface area contributed by atoms with E-state index in [9.17, 15) is 14.9 Å². The van der Waals surface area contributed by atoms with Gasteiger partial charge in [0.05, 0.1) is 21.2 Å². The average Bonchev–Trinajstić information content (AvgIpc) is 2.39. The monoisotopic (exact) mass is 318 g/mol. The summed E-state index contributed by atoms with van der Waals surface area (Å²) in [6.45, 7) is 2.60. The molecule has 110 valence electrons. The van der Waals surface area contributed by atoms with E-state index in [1.807, 2.05) is 6.26 Å². The minimum atomic E-state index is -1.25. The summed E-state index contributed by atoms with van der Waals surface area (Å²) in [4.78, 5) is 21.2. The lowest BCUT2D eigenvalue weighted by molar-refractivity contribution is -0.384. The highest BCUT2D eigenvalue weighted by molar-refractivity contribution is 7.99. The third-order valence-electron chi connectivity index (χ3n) is 2.77. The molecular formula is C12H15ClN2O4S. The fourth-order valence-electron chi connectivity index (χ4n) is 1.56. The third kappa shape index (κ3) is 4.28. The molecule has 6 nitrogen and oxygen atoms in total. The molecule has 2 N–H and O–H groups in total. The van der Waals surface area contributed by atoms with Crippen LogP contribution in [0, 0.1) is 10.1 Å². The molecule has 0 amide bonds. The molecule has 1 unspecified atom stereocenters. The molecule has 1 aromatic carbocycles. The first-order valence-corrected chi connectivity index (χ1v) is 7.51. The van der Waals surface area contributed by atoms with Crippen molar-refractivity contribution in [3.05, 3.63) is 32.8 Å². The van der Waals surface area contributed by atoms with Gasteiger partial charge in [0.2, 0.25) is 0 Å². The highest BCUT2D eigenvalue weighted by Gasteiger charge is 2.19. The first-order valence-electron chi connectivity index (χ1n) is 5.84. The van der Waals surface area contributed by atoms with Crippen LogP contribution in [-0.2, 0) is 0 Å². The minimum absolute atomic E-state index is 0.0356. The summed E-state index contributed by atoms with van der Waals surface area (Å²) in [5.74, 6) is -1.25. The van der Waals surface area contributed by atoms with E-state index in [0.717, 1.165) is 18.6 Å². The van der Waals surface area contributed by atoms with Gasteiger partial charge < -0.3 is 10.4 Å². The number of benzene rings is 1. The molecule has 0 aliphatic rings. The fraction of sp³-hybridized carbons (Fsp3) is 0.417. The van der Waals surface area contributed by atoms with Crippen LogP contribution in [-0.4, -0.2) is 34.0 Å². The Bertz CT molecular complexity index is 524. The second kappa shape index (κ2) is 7.35. The van der Waals surface area contributed by atoms with Crippen LogP contribution in [0.5, 0.6) is 0 Å². The first kappa shape index (κ1) is 16.6. The van der Waals surface area contributed by atoms with Crippen LogP contribution in [0.2, 0.25) is 5.02 Å². The molecule has 0 heterocycles. The third-order valence-corrected chi connectivity index (χ3v) is 4.11. The van der Waals surface area contributed by atoms with Crippen molar-refractivity contribution in [2.45, 2.75) is 18.6 Å². The summed E-state index contributed by atoms with van der Waals surface area (Å²) in [5.41, 5.74) is -0.311. The molecule has 0 radical (unpaired) electrons. The van der Waals surface area contributed by atoms with E-state index >= 15 is 0 Å². The van der Waals surface area contributed by atoms with E-state index in [4.69, 9.17) is 16.7 Å². The number of thioether (sulfide) groups is 1. The number of nitro benzene ring substituents is 1. The zero-order chi connectivity index (χ0) is 15.3. The van der Waals surface area contributed by atoms with Gasteiger partial charge in [0, 0.05) is 23.9 Å². The molecular weight excluding hydrogens is 304 g/mol. The Morgan fingerprint density at radius 3 is 2.75 bits per heavy atom. The lowest BCUT2D eigenvalue weighted by Crippen LogP contribution is -2.12. The second-order valence-electron chi connectivity index (χ2n) is 4.17. The van der Waals surface area contributed by atoms with Gasteiger partial charge in [-0.25, -0.2) is 4.79 Å². The van der Waals surface area contributed by atoms with Crippen LogP contribution in [0.1, 0.15) is 23.7 Å². The number of hydrogen-bond acceptors (Lipinski definition) is 5. The summed E-state index contributed by atoms with van der Waals surface area (Å²) in [6.07, 6.45) is 2.82. The predicted molar refractivity (Wildman–Crippen MR) is 81.1 cm³/mol. The zero-order valence-electron chi connectivity index (χ0n) is 11.1. The molecule has 0 saturated heterocycles.